The Morgan fingerprint density at radius 1 is 1.12 bits per heavy atom. The molecule has 0 atom stereocenters. The molecule has 0 aliphatic rings. The third-order valence-electron chi connectivity index (χ3n) is 3.30. The minimum Gasteiger partial charge on any atom is -0.452 e. The van der Waals surface area contributed by atoms with E-state index in [9.17, 15) is 14.0 Å². The summed E-state index contributed by atoms with van der Waals surface area (Å²) >= 11 is 0. The van der Waals surface area contributed by atoms with Crippen molar-refractivity contribution in [2.24, 2.45) is 0 Å². The molecule has 4 nitrogen and oxygen atoms in total. The second-order valence-corrected chi connectivity index (χ2v) is 5.05. The molecule has 0 saturated carbocycles. The number of ether oxygens (including phenoxy) is 1. The molecule has 2 aromatic rings. The van der Waals surface area contributed by atoms with Crippen LogP contribution in [0.1, 0.15) is 18.1 Å². The first-order valence-electron chi connectivity index (χ1n) is 7.56. The minimum absolute atomic E-state index is 0.348. The fraction of sp³-hybridized carbons (Fsp3) is 0.158. The quantitative estimate of drug-likeness (QED) is 0.652. The van der Waals surface area contributed by atoms with Gasteiger partial charge in [-0.2, -0.15) is 0 Å². The van der Waals surface area contributed by atoms with Gasteiger partial charge in [0.15, 0.2) is 6.61 Å². The van der Waals surface area contributed by atoms with Crippen LogP contribution in [0.3, 0.4) is 0 Å². The van der Waals surface area contributed by atoms with E-state index in [0.717, 1.165) is 12.0 Å². The van der Waals surface area contributed by atoms with Crippen LogP contribution in [0.25, 0.3) is 6.08 Å². The summed E-state index contributed by atoms with van der Waals surface area (Å²) in [5.74, 6) is -1.39. The lowest BCUT2D eigenvalue weighted by molar-refractivity contribution is -0.142. The summed E-state index contributed by atoms with van der Waals surface area (Å²) in [6.45, 7) is 1.62. The predicted molar refractivity (Wildman–Crippen MR) is 90.8 cm³/mol. The van der Waals surface area contributed by atoms with E-state index in [-0.39, 0.29) is 12.4 Å². The molecule has 0 bridgehead atoms. The summed E-state index contributed by atoms with van der Waals surface area (Å²) in [5, 5.41) is 2.71. The van der Waals surface area contributed by atoms with Gasteiger partial charge in [-0.25, -0.2) is 9.18 Å². The lowest BCUT2D eigenvalue weighted by Crippen LogP contribution is -2.20. The monoisotopic (exact) mass is 327 g/mol. The highest BCUT2D eigenvalue weighted by atomic mass is 19.1. The number of nitrogens with one attached hydrogen (secondary N) is 1. The molecule has 5 heteroatoms. The van der Waals surface area contributed by atoms with Gasteiger partial charge >= 0.3 is 5.97 Å². The van der Waals surface area contributed by atoms with Crippen molar-refractivity contribution in [2.75, 3.05) is 11.9 Å². The van der Waals surface area contributed by atoms with E-state index in [4.69, 9.17) is 4.74 Å². The molecule has 1 amide bonds. The van der Waals surface area contributed by atoms with Crippen molar-refractivity contribution in [3.8, 4) is 0 Å². The summed E-state index contributed by atoms with van der Waals surface area (Å²) in [6, 6.07) is 13.1. The first-order chi connectivity index (χ1) is 11.6. The van der Waals surface area contributed by atoms with Gasteiger partial charge < -0.3 is 10.1 Å². The molecular formula is C19H18FNO3. The molecule has 1 N–H and O–H groups in total. The molecule has 0 radical (unpaired) electrons. The number of para-hydroxylation sites is 1. The Hall–Kier alpha value is -2.95. The van der Waals surface area contributed by atoms with E-state index in [1.54, 1.807) is 6.07 Å². The summed E-state index contributed by atoms with van der Waals surface area (Å²) in [4.78, 5) is 23.4. The van der Waals surface area contributed by atoms with Crippen molar-refractivity contribution in [3.63, 3.8) is 0 Å². The van der Waals surface area contributed by atoms with Gasteiger partial charge in [0, 0.05) is 11.8 Å². The van der Waals surface area contributed by atoms with Crippen LogP contribution in [0.15, 0.2) is 54.6 Å². The number of carbonyl (C=O) groups excluding carboxylic acids is 2. The second kappa shape index (κ2) is 8.62. The van der Waals surface area contributed by atoms with E-state index >= 15 is 0 Å². The van der Waals surface area contributed by atoms with Crippen molar-refractivity contribution in [1.82, 2.24) is 0 Å². The largest absolute Gasteiger partial charge is 0.452 e. The molecule has 2 rings (SSSR count). The topological polar surface area (TPSA) is 55.4 Å². The van der Waals surface area contributed by atoms with Crippen molar-refractivity contribution in [2.45, 2.75) is 13.3 Å². The molecule has 0 fully saturated rings. The van der Waals surface area contributed by atoms with Crippen LogP contribution < -0.4 is 5.32 Å². The zero-order chi connectivity index (χ0) is 17.4. The average Bonchev–Trinajstić information content (AvgIpc) is 2.60. The van der Waals surface area contributed by atoms with Gasteiger partial charge in [0.05, 0.1) is 0 Å². The fourth-order valence-corrected chi connectivity index (χ4v) is 2.06. The van der Waals surface area contributed by atoms with Crippen LogP contribution >= 0.6 is 0 Å². The van der Waals surface area contributed by atoms with Crippen LogP contribution in [-0.2, 0) is 20.7 Å². The van der Waals surface area contributed by atoms with E-state index in [1.807, 2.05) is 25.1 Å². The smallest absolute Gasteiger partial charge is 0.331 e. The molecule has 0 spiro atoms. The van der Waals surface area contributed by atoms with E-state index in [2.05, 4.69) is 5.32 Å². The first-order valence-corrected chi connectivity index (χ1v) is 7.56. The standard InChI is InChI=1S/C19H18FNO3/c1-2-15-5-3-4-6-17(15)21-18(22)13-24-19(23)12-9-14-7-10-16(20)11-8-14/h3-12H,2,13H2,1H3,(H,21,22). The number of hydrogen-bond donors (Lipinski definition) is 1. The third kappa shape index (κ3) is 5.35. The van der Waals surface area contributed by atoms with Crippen LogP contribution in [0.4, 0.5) is 10.1 Å². The van der Waals surface area contributed by atoms with Gasteiger partial charge in [-0.3, -0.25) is 4.79 Å². The van der Waals surface area contributed by atoms with Crippen molar-refractivity contribution in [3.05, 3.63) is 71.6 Å². The van der Waals surface area contributed by atoms with E-state index in [0.29, 0.717) is 11.3 Å². The van der Waals surface area contributed by atoms with Crippen LogP contribution in [0, 0.1) is 5.82 Å². The Morgan fingerprint density at radius 2 is 1.83 bits per heavy atom. The van der Waals surface area contributed by atoms with E-state index < -0.39 is 11.9 Å². The van der Waals surface area contributed by atoms with Crippen LogP contribution in [0.5, 0.6) is 0 Å². The summed E-state index contributed by atoms with van der Waals surface area (Å²) in [6.07, 6.45) is 3.48. The fourth-order valence-electron chi connectivity index (χ4n) is 2.06. The maximum absolute atomic E-state index is 12.8. The normalized spacial score (nSPS) is 10.6. The Bertz CT molecular complexity index is 739. The number of anilines is 1. The second-order valence-electron chi connectivity index (χ2n) is 5.05. The van der Waals surface area contributed by atoms with Gasteiger partial charge in [-0.05, 0) is 41.8 Å². The van der Waals surface area contributed by atoms with Crippen molar-refractivity contribution < 1.29 is 18.7 Å². The zero-order valence-electron chi connectivity index (χ0n) is 13.3. The molecule has 2 aromatic carbocycles. The lowest BCUT2D eigenvalue weighted by atomic mass is 10.1. The van der Waals surface area contributed by atoms with Crippen LogP contribution in [-0.4, -0.2) is 18.5 Å². The number of halogens is 1. The van der Waals surface area contributed by atoms with Gasteiger partial charge in [-0.15, -0.1) is 0 Å². The molecule has 0 saturated heterocycles. The van der Waals surface area contributed by atoms with Gasteiger partial charge in [-0.1, -0.05) is 37.3 Å². The van der Waals surface area contributed by atoms with E-state index in [1.165, 1.54) is 36.4 Å². The first kappa shape index (κ1) is 17.4. The minimum atomic E-state index is -0.641. The zero-order valence-corrected chi connectivity index (χ0v) is 13.3. The number of benzene rings is 2. The number of hydrogen-bond acceptors (Lipinski definition) is 3. The maximum atomic E-state index is 12.8. The number of rotatable bonds is 6. The lowest BCUT2D eigenvalue weighted by Gasteiger charge is -2.09. The van der Waals surface area contributed by atoms with Crippen LogP contribution in [0.2, 0.25) is 0 Å². The maximum Gasteiger partial charge on any atom is 0.331 e. The molecule has 0 aromatic heterocycles. The van der Waals surface area contributed by atoms with Gasteiger partial charge in [0.25, 0.3) is 5.91 Å². The molecule has 0 unspecified atom stereocenters. The van der Waals surface area contributed by atoms with Gasteiger partial charge in [0.2, 0.25) is 0 Å². The average molecular weight is 327 g/mol. The molecule has 124 valence electrons. The number of esters is 1. The SMILES string of the molecule is CCc1ccccc1NC(=O)COC(=O)C=Cc1ccc(F)cc1. The highest BCUT2D eigenvalue weighted by molar-refractivity contribution is 5.95. The Kier molecular flexibility index (Phi) is 6.25. The molecule has 0 aliphatic carbocycles. The highest BCUT2D eigenvalue weighted by Crippen LogP contribution is 2.15. The number of aryl methyl sites for hydroxylation is 1. The molecule has 0 heterocycles. The summed E-state index contributed by atoms with van der Waals surface area (Å²) in [7, 11) is 0. The van der Waals surface area contributed by atoms with Crippen molar-refractivity contribution in [1.29, 1.82) is 0 Å². The summed E-state index contributed by atoms with van der Waals surface area (Å²) < 4.78 is 17.7. The molecule has 0 aliphatic heterocycles. The Morgan fingerprint density at radius 3 is 2.54 bits per heavy atom. The predicted octanol–water partition coefficient (Wildman–Crippen LogP) is 3.58. The Labute approximate surface area is 140 Å². The molecule has 24 heavy (non-hydrogen) atoms. The third-order valence-corrected chi connectivity index (χ3v) is 3.30. The number of amides is 1. The van der Waals surface area contributed by atoms with Gasteiger partial charge in [0.1, 0.15) is 5.82 Å². The van der Waals surface area contributed by atoms with Crippen molar-refractivity contribution >= 4 is 23.6 Å². The molecular weight excluding hydrogens is 309 g/mol. The highest BCUT2D eigenvalue weighted by Gasteiger charge is 2.07. The number of carbonyl (C=O) groups is 2. The summed E-state index contributed by atoms with van der Waals surface area (Å²) in [5.41, 5.74) is 2.38. The Balaban J connectivity index is 1.82.